The van der Waals surface area contributed by atoms with Crippen molar-refractivity contribution >= 4 is 17.7 Å². The molecule has 106 valence electrons. The minimum absolute atomic E-state index is 0.0180. The Morgan fingerprint density at radius 1 is 1.35 bits per heavy atom. The lowest BCUT2D eigenvalue weighted by atomic mass is 10.1. The number of aliphatic hydroxyl groups excluding tert-OH is 1. The van der Waals surface area contributed by atoms with Crippen molar-refractivity contribution < 1.29 is 14.3 Å². The fourth-order valence-electron chi connectivity index (χ4n) is 1.97. The lowest BCUT2D eigenvalue weighted by Gasteiger charge is -2.16. The molecule has 1 aromatic heterocycles. The highest BCUT2D eigenvalue weighted by Gasteiger charge is 2.19. The zero-order chi connectivity index (χ0) is 14.4. The zero-order valence-corrected chi connectivity index (χ0v) is 12.0. The van der Waals surface area contributed by atoms with Crippen LogP contribution < -0.4 is 5.32 Å². The van der Waals surface area contributed by atoms with Crippen LogP contribution in [0, 0.1) is 0 Å². The summed E-state index contributed by atoms with van der Waals surface area (Å²) in [4.78, 5) is 13.3. The number of benzene rings is 1. The van der Waals surface area contributed by atoms with Crippen LogP contribution in [-0.4, -0.2) is 23.9 Å². The van der Waals surface area contributed by atoms with E-state index in [0.717, 1.165) is 4.90 Å². The third-order valence-corrected chi connectivity index (χ3v) is 3.76. The maximum Gasteiger partial charge on any atom is 0.253 e. The third-order valence-electron chi connectivity index (χ3n) is 2.96. The molecule has 2 aromatic rings. The van der Waals surface area contributed by atoms with Gasteiger partial charge >= 0.3 is 0 Å². The van der Waals surface area contributed by atoms with Crippen LogP contribution in [0.3, 0.4) is 0 Å². The first-order valence-electron chi connectivity index (χ1n) is 6.34. The Balaban J connectivity index is 2.16. The monoisotopic (exact) mass is 291 g/mol. The molecule has 0 saturated heterocycles. The van der Waals surface area contributed by atoms with E-state index in [2.05, 4.69) is 5.32 Å². The number of hydrogen-bond donors (Lipinski definition) is 2. The molecule has 0 aliphatic carbocycles. The summed E-state index contributed by atoms with van der Waals surface area (Å²) in [5.41, 5.74) is 0.634. The molecule has 1 atom stereocenters. The summed E-state index contributed by atoms with van der Waals surface area (Å²) in [7, 11) is 0. The van der Waals surface area contributed by atoms with Gasteiger partial charge in [0.2, 0.25) is 0 Å². The van der Waals surface area contributed by atoms with E-state index in [1.807, 2.05) is 24.5 Å². The summed E-state index contributed by atoms with van der Waals surface area (Å²) in [6.45, 7) is -0.0180. The van der Waals surface area contributed by atoms with Crippen LogP contribution in [-0.2, 0) is 0 Å². The summed E-state index contributed by atoms with van der Waals surface area (Å²) in [6, 6.07) is 10.7. The van der Waals surface area contributed by atoms with Crippen molar-refractivity contribution in [2.24, 2.45) is 0 Å². The maximum atomic E-state index is 12.4. The second-order valence-corrected chi connectivity index (χ2v) is 5.10. The largest absolute Gasteiger partial charge is 0.467 e. The van der Waals surface area contributed by atoms with Crippen molar-refractivity contribution in [3.8, 4) is 0 Å². The van der Waals surface area contributed by atoms with Gasteiger partial charge in [-0.1, -0.05) is 12.1 Å². The first-order valence-corrected chi connectivity index (χ1v) is 7.57. The molecule has 1 aromatic carbocycles. The molecule has 1 amide bonds. The molecular weight excluding hydrogens is 274 g/mol. The van der Waals surface area contributed by atoms with Crippen molar-refractivity contribution in [1.82, 2.24) is 5.32 Å². The Bertz CT molecular complexity index is 554. The molecule has 0 aliphatic rings. The Labute approximate surface area is 122 Å². The van der Waals surface area contributed by atoms with Gasteiger partial charge in [0.1, 0.15) is 5.76 Å². The number of aliphatic hydroxyl groups is 1. The average molecular weight is 291 g/mol. The Kier molecular flexibility index (Phi) is 5.26. The Morgan fingerprint density at radius 2 is 2.15 bits per heavy atom. The van der Waals surface area contributed by atoms with Gasteiger partial charge in [0.05, 0.1) is 17.9 Å². The number of hydrogen-bond acceptors (Lipinski definition) is 4. The number of amides is 1. The fraction of sp³-hybridized carbons (Fsp3) is 0.267. The summed E-state index contributed by atoms with van der Waals surface area (Å²) < 4.78 is 5.31. The van der Waals surface area contributed by atoms with E-state index in [0.29, 0.717) is 17.7 Å². The normalized spacial score (nSPS) is 12.1. The molecule has 20 heavy (non-hydrogen) atoms. The lowest BCUT2D eigenvalue weighted by Crippen LogP contribution is -2.29. The van der Waals surface area contributed by atoms with Crippen molar-refractivity contribution in [2.75, 3.05) is 12.9 Å². The molecule has 4 nitrogen and oxygen atoms in total. The fourth-order valence-corrected chi connectivity index (χ4v) is 2.57. The number of nitrogens with one attached hydrogen (secondary N) is 1. The van der Waals surface area contributed by atoms with Gasteiger partial charge in [-0.15, -0.1) is 11.8 Å². The van der Waals surface area contributed by atoms with Crippen LogP contribution in [0.25, 0.3) is 0 Å². The second kappa shape index (κ2) is 7.17. The van der Waals surface area contributed by atoms with E-state index in [1.165, 1.54) is 11.8 Å². The Morgan fingerprint density at radius 3 is 2.80 bits per heavy atom. The lowest BCUT2D eigenvalue weighted by molar-refractivity contribution is 0.0920. The molecule has 5 heteroatoms. The predicted octanol–water partition coefficient (Wildman–Crippen LogP) is 2.86. The topological polar surface area (TPSA) is 62.5 Å². The molecule has 0 unspecified atom stereocenters. The quantitative estimate of drug-likeness (QED) is 0.803. The molecule has 0 aliphatic heterocycles. The second-order valence-electron chi connectivity index (χ2n) is 4.25. The molecule has 0 saturated carbocycles. The van der Waals surface area contributed by atoms with Crippen LogP contribution in [0.15, 0.2) is 52.0 Å². The highest BCUT2D eigenvalue weighted by Crippen LogP contribution is 2.22. The SMILES string of the molecule is CSc1ccccc1C(=O)N[C@H](CCO)c1ccco1. The smallest absolute Gasteiger partial charge is 0.253 e. The van der Waals surface area contributed by atoms with Crippen molar-refractivity contribution in [3.63, 3.8) is 0 Å². The first kappa shape index (κ1) is 14.7. The molecule has 1 heterocycles. The number of carbonyl (C=O) groups excluding carboxylic acids is 1. The van der Waals surface area contributed by atoms with Crippen molar-refractivity contribution in [1.29, 1.82) is 0 Å². The molecule has 0 bridgehead atoms. The van der Waals surface area contributed by atoms with E-state index in [-0.39, 0.29) is 18.6 Å². The zero-order valence-electron chi connectivity index (χ0n) is 11.2. The molecule has 0 spiro atoms. The first-order chi connectivity index (χ1) is 9.76. The average Bonchev–Trinajstić information content (AvgIpc) is 3.00. The number of furan rings is 1. The predicted molar refractivity (Wildman–Crippen MR) is 78.8 cm³/mol. The minimum Gasteiger partial charge on any atom is -0.467 e. The molecular formula is C15H17NO3S. The van der Waals surface area contributed by atoms with Gasteiger partial charge in [-0.2, -0.15) is 0 Å². The van der Waals surface area contributed by atoms with Crippen LogP contribution in [0.1, 0.15) is 28.6 Å². The molecule has 0 radical (unpaired) electrons. The van der Waals surface area contributed by atoms with Crippen molar-refractivity contribution in [3.05, 3.63) is 54.0 Å². The van der Waals surface area contributed by atoms with E-state index in [1.54, 1.807) is 24.5 Å². The summed E-state index contributed by atoms with van der Waals surface area (Å²) >= 11 is 1.53. The van der Waals surface area contributed by atoms with Crippen LogP contribution in [0.5, 0.6) is 0 Å². The molecule has 2 N–H and O–H groups in total. The van der Waals surface area contributed by atoms with Gasteiger partial charge in [-0.3, -0.25) is 4.79 Å². The van der Waals surface area contributed by atoms with Gasteiger partial charge in [-0.05, 0) is 36.9 Å². The Hall–Kier alpha value is -1.72. The van der Waals surface area contributed by atoms with Crippen LogP contribution >= 0.6 is 11.8 Å². The van der Waals surface area contributed by atoms with Gasteiger partial charge in [0.25, 0.3) is 5.91 Å². The molecule has 0 fully saturated rings. The molecule has 2 rings (SSSR count). The van der Waals surface area contributed by atoms with Crippen LogP contribution in [0.4, 0.5) is 0 Å². The summed E-state index contributed by atoms with van der Waals surface area (Å²) in [6.07, 6.45) is 3.91. The standard InChI is InChI=1S/C15H17NO3S/c1-20-14-7-3-2-5-11(14)15(18)16-12(8-9-17)13-6-4-10-19-13/h2-7,10,12,17H,8-9H2,1H3,(H,16,18)/t12-/m1/s1. The van der Waals surface area contributed by atoms with E-state index in [4.69, 9.17) is 9.52 Å². The summed E-state index contributed by atoms with van der Waals surface area (Å²) in [5.74, 6) is 0.485. The van der Waals surface area contributed by atoms with Gasteiger partial charge < -0.3 is 14.8 Å². The minimum atomic E-state index is -0.322. The van der Waals surface area contributed by atoms with E-state index in [9.17, 15) is 4.79 Å². The van der Waals surface area contributed by atoms with Gasteiger partial charge in [0.15, 0.2) is 0 Å². The van der Waals surface area contributed by atoms with Crippen molar-refractivity contribution in [2.45, 2.75) is 17.4 Å². The maximum absolute atomic E-state index is 12.4. The van der Waals surface area contributed by atoms with E-state index < -0.39 is 0 Å². The van der Waals surface area contributed by atoms with Gasteiger partial charge in [0, 0.05) is 11.5 Å². The van der Waals surface area contributed by atoms with Crippen LogP contribution in [0.2, 0.25) is 0 Å². The highest BCUT2D eigenvalue weighted by atomic mass is 32.2. The number of carbonyl (C=O) groups is 1. The number of rotatable bonds is 6. The van der Waals surface area contributed by atoms with E-state index >= 15 is 0 Å². The summed E-state index contributed by atoms with van der Waals surface area (Å²) in [5, 5.41) is 12.0. The van der Waals surface area contributed by atoms with Gasteiger partial charge in [-0.25, -0.2) is 0 Å². The number of thioether (sulfide) groups is 1. The third kappa shape index (κ3) is 3.43. The highest BCUT2D eigenvalue weighted by molar-refractivity contribution is 7.98.